The molecule has 0 aromatic heterocycles. The van der Waals surface area contributed by atoms with E-state index in [1.165, 1.54) is 30.4 Å². The molecule has 2 rings (SSSR count). The number of piperidine rings is 1. The molecule has 2 atom stereocenters. The normalized spacial score (nSPS) is 22.9. The number of rotatable bonds is 5. The summed E-state index contributed by atoms with van der Waals surface area (Å²) in [6.45, 7) is 10.0. The second-order valence-electron chi connectivity index (χ2n) is 6.83. The van der Waals surface area contributed by atoms with Crippen LogP contribution in [0.15, 0.2) is 12.1 Å². The molecule has 1 fully saturated rings. The number of benzene rings is 1. The monoisotopic (exact) mass is 305 g/mol. The molecular weight excluding hydrogens is 274 g/mol. The van der Waals surface area contributed by atoms with E-state index in [4.69, 9.17) is 9.47 Å². The van der Waals surface area contributed by atoms with E-state index in [9.17, 15) is 0 Å². The summed E-state index contributed by atoms with van der Waals surface area (Å²) in [6, 6.07) is 5.53. The molecule has 22 heavy (non-hydrogen) atoms. The maximum atomic E-state index is 5.79. The van der Waals surface area contributed by atoms with Crippen LogP contribution in [0.3, 0.4) is 0 Å². The van der Waals surface area contributed by atoms with Crippen molar-refractivity contribution in [3.63, 3.8) is 0 Å². The van der Waals surface area contributed by atoms with Gasteiger partial charge in [-0.05, 0) is 38.7 Å². The molecule has 1 aromatic carbocycles. The van der Waals surface area contributed by atoms with Gasteiger partial charge < -0.3 is 9.47 Å². The minimum absolute atomic E-state index is 0.376. The Morgan fingerprint density at radius 1 is 1.09 bits per heavy atom. The first-order chi connectivity index (χ1) is 10.5. The van der Waals surface area contributed by atoms with Crippen LogP contribution in [0.4, 0.5) is 0 Å². The van der Waals surface area contributed by atoms with Gasteiger partial charge in [0.25, 0.3) is 0 Å². The summed E-state index contributed by atoms with van der Waals surface area (Å²) in [6.07, 6.45) is 3.93. The lowest BCUT2D eigenvalue weighted by Crippen LogP contribution is -2.43. The second-order valence-corrected chi connectivity index (χ2v) is 6.83. The third kappa shape index (κ3) is 3.40. The Morgan fingerprint density at radius 2 is 1.73 bits per heavy atom. The van der Waals surface area contributed by atoms with Crippen LogP contribution in [-0.4, -0.2) is 31.2 Å². The number of hydrogen-bond acceptors (Lipinski definition) is 3. The molecule has 0 aliphatic carbocycles. The molecule has 124 valence electrons. The predicted octanol–water partition coefficient (Wildman–Crippen LogP) is 4.59. The standard InChI is InChI=1S/C19H31NO2/c1-13(2)18-17(21-5)11-10-16(19(18)22-6)12-20-14(3)8-7-9-15(20)4/h10-11,13-15H,7-9,12H2,1-6H3. The topological polar surface area (TPSA) is 21.7 Å². The maximum absolute atomic E-state index is 5.79. The highest BCUT2D eigenvalue weighted by Gasteiger charge is 2.27. The van der Waals surface area contributed by atoms with Crippen molar-refractivity contribution in [3.05, 3.63) is 23.3 Å². The Bertz CT molecular complexity index is 488. The van der Waals surface area contributed by atoms with Crippen molar-refractivity contribution in [1.29, 1.82) is 0 Å². The first kappa shape index (κ1) is 17.1. The number of methoxy groups -OCH3 is 2. The minimum atomic E-state index is 0.376. The largest absolute Gasteiger partial charge is 0.496 e. The molecule has 0 spiro atoms. The summed E-state index contributed by atoms with van der Waals surface area (Å²) in [7, 11) is 3.50. The zero-order chi connectivity index (χ0) is 16.3. The van der Waals surface area contributed by atoms with Crippen molar-refractivity contribution in [2.45, 2.75) is 71.5 Å². The van der Waals surface area contributed by atoms with E-state index in [1.807, 2.05) is 0 Å². The van der Waals surface area contributed by atoms with Crippen LogP contribution in [-0.2, 0) is 6.54 Å². The van der Waals surface area contributed by atoms with Crippen LogP contribution in [0.2, 0.25) is 0 Å². The van der Waals surface area contributed by atoms with Crippen LogP contribution >= 0.6 is 0 Å². The molecule has 1 heterocycles. The highest BCUT2D eigenvalue weighted by atomic mass is 16.5. The van der Waals surface area contributed by atoms with Crippen molar-refractivity contribution in [2.24, 2.45) is 0 Å². The average molecular weight is 305 g/mol. The van der Waals surface area contributed by atoms with Crippen LogP contribution < -0.4 is 9.47 Å². The lowest BCUT2D eigenvalue weighted by atomic mass is 9.94. The van der Waals surface area contributed by atoms with E-state index in [-0.39, 0.29) is 0 Å². The molecule has 3 heteroatoms. The van der Waals surface area contributed by atoms with E-state index >= 15 is 0 Å². The van der Waals surface area contributed by atoms with Crippen LogP contribution in [0, 0.1) is 0 Å². The van der Waals surface area contributed by atoms with Gasteiger partial charge in [-0.2, -0.15) is 0 Å². The summed E-state index contributed by atoms with van der Waals surface area (Å²) < 4.78 is 11.3. The maximum Gasteiger partial charge on any atom is 0.130 e. The van der Waals surface area contributed by atoms with Gasteiger partial charge in [-0.15, -0.1) is 0 Å². The molecule has 1 aliphatic heterocycles. The van der Waals surface area contributed by atoms with Gasteiger partial charge in [0, 0.05) is 29.8 Å². The van der Waals surface area contributed by atoms with E-state index in [1.54, 1.807) is 14.2 Å². The first-order valence-electron chi connectivity index (χ1n) is 8.49. The van der Waals surface area contributed by atoms with Gasteiger partial charge in [0.1, 0.15) is 11.5 Å². The lowest BCUT2D eigenvalue weighted by Gasteiger charge is -2.39. The molecule has 1 aromatic rings. The zero-order valence-corrected chi connectivity index (χ0v) is 15.0. The Kier molecular flexibility index (Phi) is 5.74. The summed E-state index contributed by atoms with van der Waals surface area (Å²) in [4.78, 5) is 2.61. The molecular formula is C19H31NO2. The second kappa shape index (κ2) is 7.36. The molecule has 1 saturated heterocycles. The Labute approximate surface area is 135 Å². The Balaban J connectivity index is 2.36. The molecule has 0 saturated carbocycles. The van der Waals surface area contributed by atoms with E-state index in [2.05, 4.69) is 44.7 Å². The molecule has 3 nitrogen and oxygen atoms in total. The summed E-state index contributed by atoms with van der Waals surface area (Å²) in [5.41, 5.74) is 2.45. The molecule has 2 unspecified atom stereocenters. The van der Waals surface area contributed by atoms with Gasteiger partial charge in [0.05, 0.1) is 14.2 Å². The number of hydrogen-bond donors (Lipinski definition) is 0. The van der Waals surface area contributed by atoms with Gasteiger partial charge in [-0.25, -0.2) is 0 Å². The molecule has 1 aliphatic rings. The highest BCUT2D eigenvalue weighted by Crippen LogP contribution is 2.39. The fourth-order valence-corrected chi connectivity index (χ4v) is 3.70. The van der Waals surface area contributed by atoms with E-state index in [0.29, 0.717) is 18.0 Å². The average Bonchev–Trinajstić information content (AvgIpc) is 2.50. The van der Waals surface area contributed by atoms with Gasteiger partial charge in [-0.3, -0.25) is 4.90 Å². The third-order valence-electron chi connectivity index (χ3n) is 4.97. The number of nitrogens with zero attached hydrogens (tertiary/aromatic N) is 1. The van der Waals surface area contributed by atoms with Gasteiger partial charge in [0.15, 0.2) is 0 Å². The third-order valence-corrected chi connectivity index (χ3v) is 4.97. The van der Waals surface area contributed by atoms with Gasteiger partial charge in [0.2, 0.25) is 0 Å². The SMILES string of the molecule is COc1ccc(CN2C(C)CCCC2C)c(OC)c1C(C)C. The fraction of sp³-hybridized carbons (Fsp3) is 0.684. The Hall–Kier alpha value is -1.22. The van der Waals surface area contributed by atoms with Crippen LogP contribution in [0.25, 0.3) is 0 Å². The zero-order valence-electron chi connectivity index (χ0n) is 15.0. The molecule has 0 N–H and O–H groups in total. The number of likely N-dealkylation sites (tertiary alicyclic amines) is 1. The summed E-state index contributed by atoms with van der Waals surface area (Å²) in [5, 5.41) is 0. The summed E-state index contributed by atoms with van der Waals surface area (Å²) >= 11 is 0. The van der Waals surface area contributed by atoms with Crippen molar-refractivity contribution in [3.8, 4) is 11.5 Å². The van der Waals surface area contributed by atoms with Crippen LogP contribution in [0.5, 0.6) is 11.5 Å². The van der Waals surface area contributed by atoms with Gasteiger partial charge >= 0.3 is 0 Å². The van der Waals surface area contributed by atoms with E-state index in [0.717, 1.165) is 18.0 Å². The van der Waals surface area contributed by atoms with Crippen LogP contribution in [0.1, 0.15) is 64.0 Å². The first-order valence-corrected chi connectivity index (χ1v) is 8.49. The van der Waals surface area contributed by atoms with Gasteiger partial charge in [-0.1, -0.05) is 26.3 Å². The quantitative estimate of drug-likeness (QED) is 0.794. The van der Waals surface area contributed by atoms with Crippen molar-refractivity contribution < 1.29 is 9.47 Å². The van der Waals surface area contributed by atoms with E-state index < -0.39 is 0 Å². The smallest absolute Gasteiger partial charge is 0.130 e. The molecule has 0 amide bonds. The minimum Gasteiger partial charge on any atom is -0.496 e. The number of ether oxygens (including phenoxy) is 2. The summed E-state index contributed by atoms with van der Waals surface area (Å²) in [5.74, 6) is 2.30. The van der Waals surface area contributed by atoms with Crippen molar-refractivity contribution in [2.75, 3.05) is 14.2 Å². The molecule has 0 radical (unpaired) electrons. The van der Waals surface area contributed by atoms with Crippen molar-refractivity contribution in [1.82, 2.24) is 4.90 Å². The lowest BCUT2D eigenvalue weighted by molar-refractivity contribution is 0.0942. The predicted molar refractivity (Wildman–Crippen MR) is 92.0 cm³/mol. The molecule has 0 bridgehead atoms. The Morgan fingerprint density at radius 3 is 2.23 bits per heavy atom. The van der Waals surface area contributed by atoms with Crippen molar-refractivity contribution >= 4 is 0 Å². The highest BCUT2D eigenvalue weighted by molar-refractivity contribution is 5.51. The fourth-order valence-electron chi connectivity index (χ4n) is 3.70.